The van der Waals surface area contributed by atoms with E-state index in [0.717, 1.165) is 25.1 Å². The molecule has 0 aromatic heterocycles. The van der Waals surface area contributed by atoms with E-state index < -0.39 is 10.0 Å². The smallest absolute Gasteiger partial charge is 0.241 e. The first-order valence-electron chi connectivity index (χ1n) is 6.64. The first-order chi connectivity index (χ1) is 9.51. The lowest BCUT2D eigenvalue weighted by Gasteiger charge is -2.08. The molecular weight excluding hydrogens is 278 g/mol. The first kappa shape index (κ1) is 14.8. The second-order valence-electron chi connectivity index (χ2n) is 4.72. The Hall–Kier alpha value is -1.60. The molecule has 0 aliphatic heterocycles. The van der Waals surface area contributed by atoms with E-state index in [-0.39, 0.29) is 23.4 Å². The Morgan fingerprint density at radius 1 is 1.25 bits per heavy atom. The highest BCUT2D eigenvalue weighted by molar-refractivity contribution is 7.89. The van der Waals surface area contributed by atoms with Crippen molar-refractivity contribution in [1.82, 2.24) is 10.0 Å². The van der Waals surface area contributed by atoms with Gasteiger partial charge in [-0.05, 0) is 44.0 Å². The highest BCUT2D eigenvalue weighted by Crippen LogP contribution is 2.18. The Morgan fingerprint density at radius 3 is 2.45 bits per heavy atom. The average molecular weight is 297 g/mol. The van der Waals surface area contributed by atoms with Crippen LogP contribution in [0.2, 0.25) is 0 Å². The molecule has 1 aliphatic rings. The fraction of sp³-hybridized carbons (Fsp3) is 0.462. The number of carbonyl (C=O) groups is 1. The summed E-state index contributed by atoms with van der Waals surface area (Å²) < 4.78 is 26.3. The maximum atomic E-state index is 12.0. The molecule has 3 N–H and O–H groups in total. The van der Waals surface area contributed by atoms with E-state index in [1.165, 1.54) is 12.1 Å². The van der Waals surface area contributed by atoms with Crippen molar-refractivity contribution in [1.29, 1.82) is 0 Å². The van der Waals surface area contributed by atoms with Crippen molar-refractivity contribution < 1.29 is 13.2 Å². The lowest BCUT2D eigenvalue weighted by atomic mass is 10.3. The minimum absolute atomic E-state index is 0.151. The van der Waals surface area contributed by atoms with Gasteiger partial charge >= 0.3 is 0 Å². The van der Waals surface area contributed by atoms with Crippen molar-refractivity contribution in [2.75, 3.05) is 18.4 Å². The van der Waals surface area contributed by atoms with Crippen molar-refractivity contribution in [2.24, 2.45) is 0 Å². The number of carbonyl (C=O) groups excluding carboxylic acids is 1. The van der Waals surface area contributed by atoms with E-state index in [1.54, 1.807) is 12.1 Å². The zero-order valence-electron chi connectivity index (χ0n) is 11.3. The topological polar surface area (TPSA) is 87.3 Å². The molecule has 1 saturated carbocycles. The van der Waals surface area contributed by atoms with Crippen LogP contribution in [-0.2, 0) is 14.8 Å². The predicted molar refractivity (Wildman–Crippen MR) is 77.0 cm³/mol. The molecular formula is C13H19N3O3S. The Morgan fingerprint density at radius 2 is 1.90 bits per heavy atom. The van der Waals surface area contributed by atoms with Gasteiger partial charge in [-0.25, -0.2) is 13.1 Å². The number of rotatable bonds is 7. The molecule has 0 radical (unpaired) electrons. The average Bonchev–Trinajstić information content (AvgIpc) is 3.22. The molecule has 1 aromatic rings. The standard InChI is InChI=1S/C13H19N3O3S/c1-2-14-10-5-7-12(8-6-10)20(18,19)15-9-13(17)16-11-3-4-11/h5-8,11,14-15H,2-4,9H2,1H3,(H,16,17). The molecule has 0 heterocycles. The normalized spacial score (nSPS) is 14.8. The summed E-state index contributed by atoms with van der Waals surface area (Å²) in [5, 5.41) is 5.81. The molecule has 1 amide bonds. The van der Waals surface area contributed by atoms with Gasteiger partial charge in [-0.3, -0.25) is 4.79 Å². The van der Waals surface area contributed by atoms with Crippen LogP contribution in [-0.4, -0.2) is 33.5 Å². The highest BCUT2D eigenvalue weighted by Gasteiger charge is 2.24. The van der Waals surface area contributed by atoms with Gasteiger partial charge in [0.05, 0.1) is 11.4 Å². The van der Waals surface area contributed by atoms with Crippen LogP contribution in [0.1, 0.15) is 19.8 Å². The number of sulfonamides is 1. The number of benzene rings is 1. The third-order valence-electron chi connectivity index (χ3n) is 2.91. The number of hydrogen-bond acceptors (Lipinski definition) is 4. The summed E-state index contributed by atoms with van der Waals surface area (Å²) in [6, 6.07) is 6.65. The molecule has 7 heteroatoms. The Labute approximate surface area is 119 Å². The summed E-state index contributed by atoms with van der Waals surface area (Å²) in [4.78, 5) is 11.6. The van der Waals surface area contributed by atoms with Crippen LogP contribution in [0.25, 0.3) is 0 Å². The molecule has 0 bridgehead atoms. The van der Waals surface area contributed by atoms with Crippen LogP contribution in [0.3, 0.4) is 0 Å². The minimum atomic E-state index is -3.64. The van der Waals surface area contributed by atoms with Crippen LogP contribution in [0.4, 0.5) is 5.69 Å². The molecule has 0 saturated heterocycles. The van der Waals surface area contributed by atoms with E-state index in [4.69, 9.17) is 0 Å². The number of anilines is 1. The highest BCUT2D eigenvalue weighted by atomic mass is 32.2. The summed E-state index contributed by atoms with van der Waals surface area (Å²) in [5.41, 5.74) is 0.859. The third kappa shape index (κ3) is 4.21. The lowest BCUT2D eigenvalue weighted by Crippen LogP contribution is -2.37. The van der Waals surface area contributed by atoms with E-state index in [1.807, 2.05) is 6.92 Å². The molecule has 1 aromatic carbocycles. The van der Waals surface area contributed by atoms with Gasteiger partial charge in [0, 0.05) is 18.3 Å². The largest absolute Gasteiger partial charge is 0.385 e. The number of amides is 1. The summed E-state index contributed by atoms with van der Waals surface area (Å²) in [7, 11) is -3.64. The van der Waals surface area contributed by atoms with E-state index in [9.17, 15) is 13.2 Å². The molecule has 0 atom stereocenters. The fourth-order valence-corrected chi connectivity index (χ4v) is 2.69. The Kier molecular flexibility index (Phi) is 4.61. The SMILES string of the molecule is CCNc1ccc(S(=O)(=O)NCC(=O)NC2CC2)cc1. The van der Waals surface area contributed by atoms with Gasteiger partial charge in [-0.2, -0.15) is 0 Å². The maximum absolute atomic E-state index is 12.0. The first-order valence-corrected chi connectivity index (χ1v) is 8.12. The van der Waals surface area contributed by atoms with Crippen LogP contribution < -0.4 is 15.4 Å². The van der Waals surface area contributed by atoms with E-state index in [2.05, 4.69) is 15.4 Å². The molecule has 2 rings (SSSR count). The molecule has 6 nitrogen and oxygen atoms in total. The number of nitrogens with one attached hydrogen (secondary N) is 3. The minimum Gasteiger partial charge on any atom is -0.385 e. The lowest BCUT2D eigenvalue weighted by molar-refractivity contribution is -0.120. The predicted octanol–water partition coefficient (Wildman–Crippen LogP) is 0.675. The second-order valence-corrected chi connectivity index (χ2v) is 6.49. The second kappa shape index (κ2) is 6.23. The Bertz CT molecular complexity index is 565. The van der Waals surface area contributed by atoms with Crippen molar-refractivity contribution in [2.45, 2.75) is 30.7 Å². The summed E-state index contributed by atoms with van der Waals surface area (Å²) in [6.07, 6.45) is 1.95. The molecule has 110 valence electrons. The quantitative estimate of drug-likeness (QED) is 0.690. The van der Waals surface area contributed by atoms with Crippen LogP contribution in [0, 0.1) is 0 Å². The monoisotopic (exact) mass is 297 g/mol. The van der Waals surface area contributed by atoms with Gasteiger partial charge in [0.1, 0.15) is 0 Å². The fourth-order valence-electron chi connectivity index (χ4n) is 1.71. The van der Waals surface area contributed by atoms with Gasteiger partial charge in [0.2, 0.25) is 15.9 Å². The van der Waals surface area contributed by atoms with Gasteiger partial charge in [0.15, 0.2) is 0 Å². The van der Waals surface area contributed by atoms with Crippen molar-refractivity contribution >= 4 is 21.6 Å². The van der Waals surface area contributed by atoms with E-state index >= 15 is 0 Å². The van der Waals surface area contributed by atoms with E-state index in [0.29, 0.717) is 0 Å². The summed E-state index contributed by atoms with van der Waals surface area (Å²) in [6.45, 7) is 2.50. The summed E-state index contributed by atoms with van der Waals surface area (Å²) >= 11 is 0. The van der Waals surface area contributed by atoms with Crippen molar-refractivity contribution in [3.8, 4) is 0 Å². The third-order valence-corrected chi connectivity index (χ3v) is 4.33. The van der Waals surface area contributed by atoms with Crippen LogP contribution in [0.5, 0.6) is 0 Å². The zero-order valence-corrected chi connectivity index (χ0v) is 12.2. The molecule has 1 aliphatic carbocycles. The van der Waals surface area contributed by atoms with Crippen molar-refractivity contribution in [3.63, 3.8) is 0 Å². The van der Waals surface area contributed by atoms with Crippen LogP contribution >= 0.6 is 0 Å². The van der Waals surface area contributed by atoms with Gasteiger partial charge in [-0.1, -0.05) is 0 Å². The number of hydrogen-bond donors (Lipinski definition) is 3. The molecule has 1 fully saturated rings. The summed E-state index contributed by atoms with van der Waals surface area (Å²) in [5.74, 6) is -0.291. The maximum Gasteiger partial charge on any atom is 0.241 e. The zero-order chi connectivity index (χ0) is 14.6. The Balaban J connectivity index is 1.92. The van der Waals surface area contributed by atoms with Gasteiger partial charge in [0.25, 0.3) is 0 Å². The van der Waals surface area contributed by atoms with Gasteiger partial charge < -0.3 is 10.6 Å². The molecule has 0 unspecified atom stereocenters. The molecule has 0 spiro atoms. The van der Waals surface area contributed by atoms with Crippen molar-refractivity contribution in [3.05, 3.63) is 24.3 Å². The molecule has 20 heavy (non-hydrogen) atoms. The van der Waals surface area contributed by atoms with Gasteiger partial charge in [-0.15, -0.1) is 0 Å². The van der Waals surface area contributed by atoms with Crippen LogP contribution in [0.15, 0.2) is 29.2 Å².